The Morgan fingerprint density at radius 2 is 2.00 bits per heavy atom. The fourth-order valence-electron chi connectivity index (χ4n) is 0.970. The molecule has 0 nitrogen and oxygen atoms in total. The summed E-state index contributed by atoms with van der Waals surface area (Å²) >= 11 is 13.3. The van der Waals surface area contributed by atoms with E-state index < -0.39 is 0 Å². The lowest BCUT2D eigenvalue weighted by Crippen LogP contribution is -1.63. The van der Waals surface area contributed by atoms with E-state index in [0.717, 1.165) is 15.4 Å². The van der Waals surface area contributed by atoms with Crippen molar-refractivity contribution in [3.63, 3.8) is 0 Å². The maximum atomic E-state index is 5.90. The Kier molecular flexibility index (Phi) is 1.80. The van der Waals surface area contributed by atoms with Crippen molar-refractivity contribution in [2.45, 2.75) is 0 Å². The zero-order chi connectivity index (χ0) is 7.84. The van der Waals surface area contributed by atoms with Crippen LogP contribution >= 0.6 is 34.5 Å². The number of hydrogen-bond donors (Lipinski definition) is 0. The van der Waals surface area contributed by atoms with E-state index in [-0.39, 0.29) is 0 Å². The molecule has 2 aromatic rings. The first-order chi connectivity index (χ1) is 5.27. The lowest BCUT2D eigenvalue weighted by molar-refractivity contribution is 1.85. The summed E-state index contributed by atoms with van der Waals surface area (Å²) < 4.78 is 1.18. The fourth-order valence-corrected chi connectivity index (χ4v) is 2.29. The third kappa shape index (κ3) is 1.24. The molecule has 0 N–H and O–H groups in total. The van der Waals surface area contributed by atoms with Crippen LogP contribution in [0.5, 0.6) is 0 Å². The smallest absolute Gasteiger partial charge is 0.0592 e. The Balaban J connectivity index is 2.87. The van der Waals surface area contributed by atoms with Crippen LogP contribution in [0.3, 0.4) is 0 Å². The number of rotatable bonds is 0. The Morgan fingerprint density at radius 3 is 2.82 bits per heavy atom. The van der Waals surface area contributed by atoms with Crippen molar-refractivity contribution in [1.29, 1.82) is 0 Å². The molecule has 0 bridgehead atoms. The number of fused-ring (bicyclic) bond motifs is 1. The van der Waals surface area contributed by atoms with Gasteiger partial charge >= 0.3 is 0 Å². The minimum absolute atomic E-state index is 0.734. The van der Waals surface area contributed by atoms with E-state index in [1.165, 1.54) is 4.70 Å². The van der Waals surface area contributed by atoms with Gasteiger partial charge in [-0.3, -0.25) is 0 Å². The second kappa shape index (κ2) is 2.67. The highest BCUT2D eigenvalue weighted by atomic mass is 35.5. The van der Waals surface area contributed by atoms with Crippen molar-refractivity contribution < 1.29 is 0 Å². The largest absolute Gasteiger partial charge is 0.142 e. The van der Waals surface area contributed by atoms with Crippen LogP contribution in [0.1, 0.15) is 0 Å². The number of benzene rings is 1. The molecule has 2 rings (SSSR count). The number of halogens is 2. The molecule has 1 heterocycles. The van der Waals surface area contributed by atoms with Crippen molar-refractivity contribution in [3.8, 4) is 0 Å². The summed E-state index contributed by atoms with van der Waals surface area (Å²) in [6.07, 6.45) is 0. The van der Waals surface area contributed by atoms with Crippen molar-refractivity contribution in [3.05, 3.63) is 33.6 Å². The molecule has 0 spiro atoms. The van der Waals surface area contributed by atoms with Crippen molar-refractivity contribution in [2.75, 3.05) is 0 Å². The van der Waals surface area contributed by atoms with Crippen LogP contribution in [-0.4, -0.2) is 0 Å². The van der Waals surface area contributed by atoms with Crippen molar-refractivity contribution in [2.24, 2.45) is 0 Å². The standard InChI is InChI=1S/C8H4Cl2S/c9-5-1-2-8-6(3-5)7(10)4-11-8/h1-4H. The van der Waals surface area contributed by atoms with E-state index in [9.17, 15) is 0 Å². The molecule has 0 aliphatic heterocycles. The second-order valence-corrected chi connectivity index (χ2v) is 3.98. The van der Waals surface area contributed by atoms with Gasteiger partial charge in [0.2, 0.25) is 0 Å². The highest BCUT2D eigenvalue weighted by Gasteiger charge is 2.00. The van der Waals surface area contributed by atoms with Crippen LogP contribution in [0.2, 0.25) is 10.0 Å². The van der Waals surface area contributed by atoms with Crippen molar-refractivity contribution in [1.82, 2.24) is 0 Å². The minimum Gasteiger partial charge on any atom is -0.142 e. The number of thiophene rings is 1. The predicted octanol–water partition coefficient (Wildman–Crippen LogP) is 4.21. The summed E-state index contributed by atoms with van der Waals surface area (Å²) in [6, 6.07) is 5.74. The Labute approximate surface area is 78.4 Å². The molecule has 0 radical (unpaired) electrons. The van der Waals surface area contributed by atoms with E-state index in [1.807, 2.05) is 23.6 Å². The van der Waals surface area contributed by atoms with Gasteiger partial charge in [-0.15, -0.1) is 11.3 Å². The van der Waals surface area contributed by atoms with Crippen LogP contribution in [0, 0.1) is 0 Å². The first kappa shape index (κ1) is 7.41. The molecule has 0 aliphatic rings. The normalized spacial score (nSPS) is 10.7. The molecule has 0 unspecified atom stereocenters. The highest BCUT2D eigenvalue weighted by molar-refractivity contribution is 7.17. The topological polar surface area (TPSA) is 0 Å². The summed E-state index contributed by atoms with van der Waals surface area (Å²) in [5, 5.41) is 4.48. The average molecular weight is 203 g/mol. The molecular formula is C8H4Cl2S. The van der Waals surface area contributed by atoms with Gasteiger partial charge in [0.1, 0.15) is 0 Å². The minimum atomic E-state index is 0.734. The molecule has 0 aliphatic carbocycles. The van der Waals surface area contributed by atoms with E-state index in [1.54, 1.807) is 11.3 Å². The summed E-state index contributed by atoms with van der Waals surface area (Å²) in [6.45, 7) is 0. The molecule has 1 aromatic heterocycles. The van der Waals surface area contributed by atoms with Crippen LogP contribution in [-0.2, 0) is 0 Å². The van der Waals surface area contributed by atoms with Crippen molar-refractivity contribution >= 4 is 44.6 Å². The van der Waals surface area contributed by atoms with Gasteiger partial charge in [-0.25, -0.2) is 0 Å². The summed E-state index contributed by atoms with van der Waals surface area (Å²) in [4.78, 5) is 0. The molecule has 56 valence electrons. The van der Waals surface area contributed by atoms with Gasteiger partial charge in [0.25, 0.3) is 0 Å². The second-order valence-electron chi connectivity index (χ2n) is 2.22. The van der Waals surface area contributed by atoms with Crippen LogP contribution in [0.15, 0.2) is 23.6 Å². The molecule has 3 heteroatoms. The molecule has 0 atom stereocenters. The fraction of sp³-hybridized carbons (Fsp3) is 0. The van der Waals surface area contributed by atoms with E-state index in [4.69, 9.17) is 23.2 Å². The van der Waals surface area contributed by atoms with E-state index in [0.29, 0.717) is 0 Å². The summed E-state index contributed by atoms with van der Waals surface area (Å²) in [5.74, 6) is 0. The maximum Gasteiger partial charge on any atom is 0.0592 e. The lowest BCUT2D eigenvalue weighted by atomic mass is 10.3. The highest BCUT2D eigenvalue weighted by Crippen LogP contribution is 2.31. The average Bonchev–Trinajstić information content (AvgIpc) is 2.33. The lowest BCUT2D eigenvalue weighted by Gasteiger charge is -1.90. The number of hydrogen-bond acceptors (Lipinski definition) is 1. The van der Waals surface area contributed by atoms with Gasteiger partial charge in [-0.1, -0.05) is 23.2 Å². The summed E-state index contributed by atoms with van der Waals surface area (Å²) in [5.41, 5.74) is 0. The SMILES string of the molecule is Clc1ccc2scc(Cl)c2c1. The van der Waals surface area contributed by atoms with Gasteiger partial charge in [-0.05, 0) is 18.2 Å². The maximum absolute atomic E-state index is 5.90. The Hall–Kier alpha value is -0.240. The third-order valence-corrected chi connectivity index (χ3v) is 3.13. The van der Waals surface area contributed by atoms with E-state index in [2.05, 4.69) is 0 Å². The van der Waals surface area contributed by atoms with Gasteiger partial charge in [-0.2, -0.15) is 0 Å². The van der Waals surface area contributed by atoms with Crippen LogP contribution in [0.25, 0.3) is 10.1 Å². The van der Waals surface area contributed by atoms with Gasteiger partial charge in [0, 0.05) is 20.5 Å². The first-order valence-electron chi connectivity index (χ1n) is 3.09. The first-order valence-corrected chi connectivity index (χ1v) is 4.73. The van der Waals surface area contributed by atoms with Gasteiger partial charge < -0.3 is 0 Å². The van der Waals surface area contributed by atoms with Gasteiger partial charge in [0.15, 0.2) is 0 Å². The molecule has 1 aromatic carbocycles. The quantitative estimate of drug-likeness (QED) is 0.601. The molecule has 0 amide bonds. The van der Waals surface area contributed by atoms with Gasteiger partial charge in [0.05, 0.1) is 5.02 Å². The molecule has 0 saturated heterocycles. The van der Waals surface area contributed by atoms with Crippen LogP contribution < -0.4 is 0 Å². The van der Waals surface area contributed by atoms with Crippen LogP contribution in [0.4, 0.5) is 0 Å². The molecule has 0 fully saturated rings. The zero-order valence-electron chi connectivity index (χ0n) is 5.47. The molecule has 11 heavy (non-hydrogen) atoms. The zero-order valence-corrected chi connectivity index (χ0v) is 7.80. The Morgan fingerprint density at radius 1 is 1.18 bits per heavy atom. The monoisotopic (exact) mass is 202 g/mol. The molecule has 0 saturated carbocycles. The third-order valence-electron chi connectivity index (χ3n) is 1.49. The predicted molar refractivity (Wildman–Crippen MR) is 51.8 cm³/mol. The van der Waals surface area contributed by atoms with E-state index >= 15 is 0 Å². The molecular weight excluding hydrogens is 199 g/mol. The summed E-state index contributed by atoms with van der Waals surface area (Å²) in [7, 11) is 0. The Bertz CT molecular complexity index is 392.